The molecule has 0 aliphatic heterocycles. The number of rotatable bonds is 5. The van der Waals surface area contributed by atoms with Gasteiger partial charge in [0, 0.05) is 17.7 Å². The van der Waals surface area contributed by atoms with Crippen molar-refractivity contribution in [2.24, 2.45) is 0 Å². The average Bonchev–Trinajstić information content (AvgIpc) is 2.67. The molecule has 0 aliphatic rings. The first-order chi connectivity index (χ1) is 11.8. The zero-order valence-electron chi connectivity index (χ0n) is 13.0. The molecule has 0 unspecified atom stereocenters. The molecule has 1 amide bonds. The molecule has 24 heavy (non-hydrogen) atoms. The molecule has 0 radical (unpaired) electrons. The number of aromatic nitrogens is 2. The second-order valence-electron chi connectivity index (χ2n) is 5.16. The molecule has 0 bridgehead atoms. The van der Waals surface area contributed by atoms with Crippen LogP contribution in [0, 0.1) is 0 Å². The van der Waals surface area contributed by atoms with Crippen LogP contribution >= 0.6 is 0 Å². The Balaban J connectivity index is 2.08. The Morgan fingerprint density at radius 1 is 0.917 bits per heavy atom. The van der Waals surface area contributed by atoms with Crippen molar-refractivity contribution >= 4 is 5.91 Å². The SMILES string of the molecule is O=C(NCCO)c1cnc(-c2ccccc2)c(-c2ccccc2)n1. The van der Waals surface area contributed by atoms with Crippen LogP contribution in [-0.4, -0.2) is 34.1 Å². The second kappa shape index (κ2) is 7.48. The molecule has 0 aliphatic carbocycles. The average molecular weight is 319 g/mol. The minimum absolute atomic E-state index is 0.118. The lowest BCUT2D eigenvalue weighted by atomic mass is 10.0. The molecule has 0 spiro atoms. The van der Waals surface area contributed by atoms with E-state index in [1.54, 1.807) is 0 Å². The fourth-order valence-corrected chi connectivity index (χ4v) is 2.36. The summed E-state index contributed by atoms with van der Waals surface area (Å²) >= 11 is 0. The Morgan fingerprint density at radius 3 is 2.08 bits per heavy atom. The predicted molar refractivity (Wildman–Crippen MR) is 92.3 cm³/mol. The van der Waals surface area contributed by atoms with E-state index in [0.29, 0.717) is 5.69 Å². The van der Waals surface area contributed by atoms with Gasteiger partial charge in [0.2, 0.25) is 0 Å². The van der Waals surface area contributed by atoms with Crippen molar-refractivity contribution in [1.82, 2.24) is 15.3 Å². The molecule has 3 aromatic rings. The highest BCUT2D eigenvalue weighted by atomic mass is 16.3. The van der Waals surface area contributed by atoms with Crippen LogP contribution in [0.5, 0.6) is 0 Å². The van der Waals surface area contributed by atoms with Crippen LogP contribution in [0.1, 0.15) is 10.5 Å². The van der Waals surface area contributed by atoms with E-state index in [1.165, 1.54) is 6.20 Å². The number of benzene rings is 2. The highest BCUT2D eigenvalue weighted by Gasteiger charge is 2.15. The topological polar surface area (TPSA) is 75.1 Å². The number of nitrogens with zero attached hydrogens (tertiary/aromatic N) is 2. The minimum atomic E-state index is -0.353. The summed E-state index contributed by atoms with van der Waals surface area (Å²) in [5.74, 6) is -0.353. The fourth-order valence-electron chi connectivity index (χ4n) is 2.36. The lowest BCUT2D eigenvalue weighted by Crippen LogP contribution is -2.27. The van der Waals surface area contributed by atoms with Gasteiger partial charge in [-0.15, -0.1) is 0 Å². The Kier molecular flexibility index (Phi) is 4.93. The first-order valence-corrected chi connectivity index (χ1v) is 7.66. The van der Waals surface area contributed by atoms with E-state index in [4.69, 9.17) is 5.11 Å². The van der Waals surface area contributed by atoms with Crippen LogP contribution in [0.25, 0.3) is 22.5 Å². The highest BCUT2D eigenvalue weighted by Crippen LogP contribution is 2.28. The smallest absolute Gasteiger partial charge is 0.271 e. The maximum Gasteiger partial charge on any atom is 0.271 e. The quantitative estimate of drug-likeness (QED) is 0.758. The van der Waals surface area contributed by atoms with E-state index in [9.17, 15) is 4.79 Å². The largest absolute Gasteiger partial charge is 0.395 e. The van der Waals surface area contributed by atoms with Gasteiger partial charge in [-0.3, -0.25) is 9.78 Å². The van der Waals surface area contributed by atoms with Crippen molar-refractivity contribution in [3.63, 3.8) is 0 Å². The molecule has 2 aromatic carbocycles. The van der Waals surface area contributed by atoms with Crippen molar-refractivity contribution in [3.8, 4) is 22.5 Å². The summed E-state index contributed by atoms with van der Waals surface area (Å²) in [6, 6.07) is 19.4. The molecule has 1 aromatic heterocycles. The van der Waals surface area contributed by atoms with Crippen molar-refractivity contribution in [2.75, 3.05) is 13.2 Å². The Bertz CT molecular complexity index is 821. The summed E-state index contributed by atoms with van der Waals surface area (Å²) in [4.78, 5) is 21.1. The summed E-state index contributed by atoms with van der Waals surface area (Å²) in [6.45, 7) is 0.0639. The summed E-state index contributed by atoms with van der Waals surface area (Å²) in [6.07, 6.45) is 1.46. The van der Waals surface area contributed by atoms with Crippen LogP contribution in [-0.2, 0) is 0 Å². The lowest BCUT2D eigenvalue weighted by Gasteiger charge is -2.10. The number of carbonyl (C=O) groups excluding carboxylic acids is 1. The standard InChI is InChI=1S/C19H17N3O2/c23-12-11-20-19(24)16-13-21-17(14-7-3-1-4-8-14)18(22-16)15-9-5-2-6-10-15/h1-10,13,23H,11-12H2,(H,20,24). The van der Waals surface area contributed by atoms with Crippen LogP contribution in [0.3, 0.4) is 0 Å². The first kappa shape index (κ1) is 15.8. The zero-order valence-corrected chi connectivity index (χ0v) is 13.0. The summed E-state index contributed by atoms with van der Waals surface area (Å²) < 4.78 is 0. The van der Waals surface area contributed by atoms with E-state index < -0.39 is 0 Å². The van der Waals surface area contributed by atoms with E-state index in [0.717, 1.165) is 16.8 Å². The predicted octanol–water partition coefficient (Wildman–Crippen LogP) is 2.53. The molecular weight excluding hydrogens is 302 g/mol. The van der Waals surface area contributed by atoms with Gasteiger partial charge in [0.25, 0.3) is 5.91 Å². The summed E-state index contributed by atoms with van der Waals surface area (Å²) in [5.41, 5.74) is 3.42. The highest BCUT2D eigenvalue weighted by molar-refractivity contribution is 5.93. The molecule has 3 rings (SSSR count). The van der Waals surface area contributed by atoms with Crippen molar-refractivity contribution in [1.29, 1.82) is 0 Å². The molecule has 0 saturated carbocycles. The molecule has 5 nitrogen and oxygen atoms in total. The van der Waals surface area contributed by atoms with Crippen molar-refractivity contribution in [3.05, 3.63) is 72.6 Å². The third-order valence-corrected chi connectivity index (χ3v) is 3.50. The second-order valence-corrected chi connectivity index (χ2v) is 5.16. The van der Waals surface area contributed by atoms with E-state index in [-0.39, 0.29) is 24.8 Å². The van der Waals surface area contributed by atoms with Crippen molar-refractivity contribution < 1.29 is 9.90 Å². The third kappa shape index (κ3) is 3.47. The van der Waals surface area contributed by atoms with Gasteiger partial charge in [-0.05, 0) is 0 Å². The van der Waals surface area contributed by atoms with Gasteiger partial charge in [-0.1, -0.05) is 60.7 Å². The first-order valence-electron chi connectivity index (χ1n) is 7.66. The summed E-state index contributed by atoms with van der Waals surface area (Å²) in [5, 5.41) is 11.4. The minimum Gasteiger partial charge on any atom is -0.395 e. The zero-order chi connectivity index (χ0) is 16.8. The number of aliphatic hydroxyl groups excluding tert-OH is 1. The Labute approximate surface area is 140 Å². The molecule has 0 atom stereocenters. The third-order valence-electron chi connectivity index (χ3n) is 3.50. The number of aliphatic hydroxyl groups is 1. The van der Waals surface area contributed by atoms with Gasteiger partial charge in [0.1, 0.15) is 5.69 Å². The summed E-state index contributed by atoms with van der Waals surface area (Å²) in [7, 11) is 0. The van der Waals surface area contributed by atoms with Gasteiger partial charge >= 0.3 is 0 Å². The van der Waals surface area contributed by atoms with Crippen LogP contribution in [0.15, 0.2) is 66.9 Å². The molecular formula is C19H17N3O2. The van der Waals surface area contributed by atoms with Crippen LogP contribution in [0.2, 0.25) is 0 Å². The van der Waals surface area contributed by atoms with E-state index in [1.807, 2.05) is 60.7 Å². The fraction of sp³-hybridized carbons (Fsp3) is 0.105. The molecule has 0 fully saturated rings. The molecule has 120 valence electrons. The van der Waals surface area contributed by atoms with Crippen LogP contribution in [0.4, 0.5) is 0 Å². The number of hydrogen-bond acceptors (Lipinski definition) is 4. The maximum absolute atomic E-state index is 12.1. The maximum atomic E-state index is 12.1. The van der Waals surface area contributed by atoms with Gasteiger partial charge in [0.05, 0.1) is 24.2 Å². The van der Waals surface area contributed by atoms with E-state index >= 15 is 0 Å². The van der Waals surface area contributed by atoms with Gasteiger partial charge < -0.3 is 10.4 Å². The monoisotopic (exact) mass is 319 g/mol. The Morgan fingerprint density at radius 2 is 1.50 bits per heavy atom. The number of hydrogen-bond donors (Lipinski definition) is 2. The molecule has 0 saturated heterocycles. The van der Waals surface area contributed by atoms with Gasteiger partial charge in [-0.25, -0.2) is 4.98 Å². The van der Waals surface area contributed by atoms with Gasteiger partial charge in [0.15, 0.2) is 0 Å². The number of carbonyl (C=O) groups is 1. The lowest BCUT2D eigenvalue weighted by molar-refractivity contribution is 0.0939. The number of amides is 1. The molecule has 2 N–H and O–H groups in total. The normalized spacial score (nSPS) is 10.4. The number of nitrogens with one attached hydrogen (secondary N) is 1. The molecule has 5 heteroatoms. The van der Waals surface area contributed by atoms with Crippen LogP contribution < -0.4 is 5.32 Å². The molecule has 1 heterocycles. The van der Waals surface area contributed by atoms with E-state index in [2.05, 4.69) is 15.3 Å². The van der Waals surface area contributed by atoms with Gasteiger partial charge in [-0.2, -0.15) is 0 Å². The van der Waals surface area contributed by atoms with Crippen molar-refractivity contribution in [2.45, 2.75) is 0 Å². The Hall–Kier alpha value is -3.05.